The summed E-state index contributed by atoms with van der Waals surface area (Å²) >= 11 is 0. The first-order valence-electron chi connectivity index (χ1n) is 9.84. The van der Waals surface area contributed by atoms with Crippen molar-refractivity contribution in [1.82, 2.24) is 0 Å². The average molecular weight is 354 g/mol. The molecular weight excluding hydrogens is 331 g/mol. The van der Waals surface area contributed by atoms with Gasteiger partial charge in [0.15, 0.2) is 0 Å². The number of rotatable bonds is 1. The molecule has 1 aliphatic heterocycles. The van der Waals surface area contributed by atoms with E-state index >= 15 is 0 Å². The van der Waals surface area contributed by atoms with E-state index in [-0.39, 0.29) is 5.41 Å². The first kappa shape index (κ1) is 15.2. The monoisotopic (exact) mass is 354 g/mol. The van der Waals surface area contributed by atoms with Gasteiger partial charge in [0.2, 0.25) is 0 Å². The summed E-state index contributed by atoms with van der Waals surface area (Å²) in [5, 5.41) is 0. The summed E-state index contributed by atoms with van der Waals surface area (Å²) in [7, 11) is 1.02. The summed E-state index contributed by atoms with van der Waals surface area (Å²) < 4.78 is 0. The molecule has 1 heteroatoms. The fraction of sp³-hybridized carbons (Fsp3) is 0.280. The topological polar surface area (TPSA) is 0 Å². The summed E-state index contributed by atoms with van der Waals surface area (Å²) in [5.74, 6) is 0.575. The Hall–Kier alpha value is -1.91. The Bertz CT molecular complexity index is 992. The van der Waals surface area contributed by atoms with E-state index in [9.17, 15) is 0 Å². The second kappa shape index (κ2) is 5.54. The van der Waals surface area contributed by atoms with Crippen molar-refractivity contribution in [3.63, 3.8) is 0 Å². The first-order valence-corrected chi connectivity index (χ1v) is 11.3. The number of hydrogen-bond donors (Lipinski definition) is 0. The van der Waals surface area contributed by atoms with Crippen molar-refractivity contribution in [2.24, 2.45) is 0 Å². The molecular formula is C25H23P. The third kappa shape index (κ3) is 1.89. The Morgan fingerprint density at radius 1 is 0.923 bits per heavy atom. The molecule has 4 aliphatic rings. The van der Waals surface area contributed by atoms with Gasteiger partial charge in [0.1, 0.15) is 0 Å². The van der Waals surface area contributed by atoms with Gasteiger partial charge in [-0.05, 0) is 65.0 Å². The standard InChI is InChI=1S/C25H23P/c1-2-6-17(7-3-1)22-14-19-9-5-11-21-16-26-15-20-10-4-8-18-12-13-25(22,23(18)20)24(19)21/h1-9,11-12,22,26H,10,13-16H2. The van der Waals surface area contributed by atoms with Crippen molar-refractivity contribution in [1.29, 1.82) is 0 Å². The molecule has 0 saturated carbocycles. The van der Waals surface area contributed by atoms with Gasteiger partial charge in [0.25, 0.3) is 0 Å². The van der Waals surface area contributed by atoms with Crippen LogP contribution in [0.15, 0.2) is 83.5 Å². The van der Waals surface area contributed by atoms with E-state index < -0.39 is 0 Å². The Labute approximate surface area is 157 Å². The van der Waals surface area contributed by atoms with Crippen molar-refractivity contribution < 1.29 is 0 Å². The van der Waals surface area contributed by atoms with Crippen LogP contribution in [0.5, 0.6) is 0 Å². The van der Waals surface area contributed by atoms with Crippen LogP contribution in [0.4, 0.5) is 0 Å². The molecule has 6 rings (SSSR count). The van der Waals surface area contributed by atoms with Gasteiger partial charge in [-0.15, -0.1) is 8.58 Å². The summed E-state index contributed by atoms with van der Waals surface area (Å²) in [6.07, 6.45) is 13.4. The zero-order chi connectivity index (χ0) is 17.1. The summed E-state index contributed by atoms with van der Waals surface area (Å²) in [6, 6.07) is 18.5. The molecule has 0 nitrogen and oxygen atoms in total. The summed E-state index contributed by atoms with van der Waals surface area (Å²) in [4.78, 5) is 0. The Balaban J connectivity index is 1.68. The molecule has 2 aromatic rings. The Morgan fingerprint density at radius 2 is 1.81 bits per heavy atom. The maximum absolute atomic E-state index is 2.54. The molecule has 3 aliphatic carbocycles. The zero-order valence-electron chi connectivity index (χ0n) is 15.0. The van der Waals surface area contributed by atoms with Crippen LogP contribution in [0.25, 0.3) is 0 Å². The maximum Gasteiger partial charge on any atom is 0.0320 e. The first-order chi connectivity index (χ1) is 12.9. The molecule has 3 atom stereocenters. The van der Waals surface area contributed by atoms with E-state index in [2.05, 4.69) is 66.8 Å². The lowest BCUT2D eigenvalue weighted by Crippen LogP contribution is -2.33. The van der Waals surface area contributed by atoms with Crippen LogP contribution in [0.3, 0.4) is 0 Å². The van der Waals surface area contributed by atoms with Crippen LogP contribution in [-0.2, 0) is 18.0 Å². The minimum atomic E-state index is 0.188. The number of hydrogen-bond acceptors (Lipinski definition) is 0. The van der Waals surface area contributed by atoms with Crippen LogP contribution in [-0.4, -0.2) is 6.16 Å². The van der Waals surface area contributed by atoms with Crippen LogP contribution in [0, 0.1) is 0 Å². The molecule has 0 N–H and O–H groups in total. The van der Waals surface area contributed by atoms with Crippen LogP contribution < -0.4 is 0 Å². The van der Waals surface area contributed by atoms with Crippen molar-refractivity contribution in [2.75, 3.05) is 6.16 Å². The summed E-state index contributed by atoms with van der Waals surface area (Å²) in [5.41, 5.74) is 11.6. The minimum Gasteiger partial charge on any atom is -0.113 e. The molecule has 128 valence electrons. The normalized spacial score (nSPS) is 29.2. The van der Waals surface area contributed by atoms with Crippen molar-refractivity contribution in [3.8, 4) is 0 Å². The van der Waals surface area contributed by atoms with Crippen molar-refractivity contribution >= 4 is 8.58 Å². The van der Waals surface area contributed by atoms with Crippen LogP contribution in [0.1, 0.15) is 41.0 Å². The van der Waals surface area contributed by atoms with E-state index in [1.165, 1.54) is 42.7 Å². The highest BCUT2D eigenvalue weighted by molar-refractivity contribution is 7.37. The van der Waals surface area contributed by atoms with Gasteiger partial charge in [-0.2, -0.15) is 0 Å². The fourth-order valence-corrected chi connectivity index (χ4v) is 7.40. The molecule has 3 unspecified atom stereocenters. The van der Waals surface area contributed by atoms with Gasteiger partial charge in [0.05, 0.1) is 0 Å². The van der Waals surface area contributed by atoms with Gasteiger partial charge in [-0.1, -0.05) is 72.3 Å². The van der Waals surface area contributed by atoms with E-state index in [0.29, 0.717) is 5.92 Å². The van der Waals surface area contributed by atoms with Crippen molar-refractivity contribution in [2.45, 2.75) is 36.8 Å². The average Bonchev–Trinajstić information content (AvgIpc) is 3.22. The zero-order valence-corrected chi connectivity index (χ0v) is 16.0. The Kier molecular flexibility index (Phi) is 3.24. The lowest BCUT2D eigenvalue weighted by molar-refractivity contribution is 0.451. The second-order valence-corrected chi connectivity index (χ2v) is 9.35. The number of benzene rings is 2. The molecule has 0 saturated heterocycles. The molecule has 2 aromatic carbocycles. The van der Waals surface area contributed by atoms with E-state index in [1.807, 2.05) is 0 Å². The molecule has 1 heterocycles. The largest absolute Gasteiger partial charge is 0.113 e. The highest BCUT2D eigenvalue weighted by Crippen LogP contribution is 2.63. The maximum atomic E-state index is 2.54. The third-order valence-electron chi connectivity index (χ3n) is 6.95. The van der Waals surface area contributed by atoms with Gasteiger partial charge < -0.3 is 0 Å². The molecule has 0 amide bonds. The minimum absolute atomic E-state index is 0.188. The predicted octanol–water partition coefficient (Wildman–Crippen LogP) is 6.04. The number of allylic oxidation sites excluding steroid dienone is 6. The van der Waals surface area contributed by atoms with Crippen molar-refractivity contribution in [3.05, 3.63) is 106 Å². The molecule has 0 aromatic heterocycles. The molecule has 0 radical (unpaired) electrons. The summed E-state index contributed by atoms with van der Waals surface area (Å²) in [6.45, 7) is 0. The van der Waals surface area contributed by atoms with E-state index in [4.69, 9.17) is 0 Å². The predicted molar refractivity (Wildman–Crippen MR) is 111 cm³/mol. The van der Waals surface area contributed by atoms with Gasteiger partial charge in [-0.3, -0.25) is 0 Å². The van der Waals surface area contributed by atoms with Gasteiger partial charge in [-0.25, -0.2) is 0 Å². The lowest BCUT2D eigenvalue weighted by Gasteiger charge is -2.40. The highest BCUT2D eigenvalue weighted by atomic mass is 31.1. The molecule has 0 fully saturated rings. The Morgan fingerprint density at radius 3 is 2.73 bits per heavy atom. The quantitative estimate of drug-likeness (QED) is 0.548. The van der Waals surface area contributed by atoms with Gasteiger partial charge >= 0.3 is 0 Å². The van der Waals surface area contributed by atoms with E-state index in [0.717, 1.165) is 8.58 Å². The molecule has 1 spiro atoms. The SMILES string of the molecule is C1=CC2=CCC34C2=C(C1)CPCc1cccc(c13)CC4c1ccccc1. The van der Waals surface area contributed by atoms with E-state index in [1.54, 1.807) is 27.8 Å². The third-order valence-corrected chi connectivity index (χ3v) is 8.26. The second-order valence-electron chi connectivity index (χ2n) is 8.14. The fourth-order valence-electron chi connectivity index (χ4n) is 6.09. The molecule has 26 heavy (non-hydrogen) atoms. The van der Waals surface area contributed by atoms with Gasteiger partial charge in [0, 0.05) is 11.3 Å². The lowest BCUT2D eigenvalue weighted by atomic mass is 9.64. The highest BCUT2D eigenvalue weighted by Gasteiger charge is 2.54. The van der Waals surface area contributed by atoms with Crippen LogP contribution >= 0.6 is 8.58 Å². The van der Waals surface area contributed by atoms with Crippen LogP contribution in [0.2, 0.25) is 0 Å². The smallest absolute Gasteiger partial charge is 0.0320 e. The molecule has 0 bridgehead atoms.